The zero-order valence-electron chi connectivity index (χ0n) is 9.27. The molecular weight excluding hydrogens is 262 g/mol. The lowest BCUT2D eigenvalue weighted by atomic mass is 10.2. The molecular formula is C10H11NO6S. The molecule has 98 valence electrons. The van der Waals surface area contributed by atoms with Crippen LogP contribution < -0.4 is 0 Å². The molecule has 7 nitrogen and oxygen atoms in total. The monoisotopic (exact) mass is 273 g/mol. The van der Waals surface area contributed by atoms with Crippen LogP contribution in [-0.2, 0) is 20.4 Å². The Morgan fingerprint density at radius 2 is 1.94 bits per heavy atom. The number of nitrogens with zero attached hydrogens (tertiary/aromatic N) is 1. The van der Waals surface area contributed by atoms with Crippen LogP contribution in [0.15, 0.2) is 24.3 Å². The number of hydrogen-bond acceptors (Lipinski definition) is 5. The van der Waals surface area contributed by atoms with Crippen molar-refractivity contribution in [2.45, 2.75) is 12.2 Å². The van der Waals surface area contributed by atoms with Gasteiger partial charge < -0.3 is 5.11 Å². The number of sulfone groups is 1. The van der Waals surface area contributed by atoms with Crippen LogP contribution >= 0.6 is 0 Å². The topological polar surface area (TPSA) is 115 Å². The minimum atomic E-state index is -3.67. The van der Waals surface area contributed by atoms with Crippen molar-refractivity contribution in [3.05, 3.63) is 39.9 Å². The molecule has 0 radical (unpaired) electrons. The van der Waals surface area contributed by atoms with Crippen LogP contribution in [0.4, 0.5) is 5.69 Å². The highest BCUT2D eigenvalue weighted by Crippen LogP contribution is 2.20. The highest BCUT2D eigenvalue weighted by Gasteiger charge is 2.20. The second-order valence-electron chi connectivity index (χ2n) is 3.62. The van der Waals surface area contributed by atoms with E-state index in [1.165, 1.54) is 24.3 Å². The van der Waals surface area contributed by atoms with Crippen molar-refractivity contribution < 1.29 is 23.2 Å². The fourth-order valence-electron chi connectivity index (χ4n) is 1.36. The van der Waals surface area contributed by atoms with Gasteiger partial charge in [0.2, 0.25) is 0 Å². The van der Waals surface area contributed by atoms with E-state index >= 15 is 0 Å². The number of benzene rings is 1. The van der Waals surface area contributed by atoms with Crippen molar-refractivity contribution in [3.63, 3.8) is 0 Å². The maximum absolute atomic E-state index is 11.6. The quantitative estimate of drug-likeness (QED) is 0.610. The van der Waals surface area contributed by atoms with Crippen LogP contribution in [0.5, 0.6) is 0 Å². The summed E-state index contributed by atoms with van der Waals surface area (Å²) >= 11 is 0. The molecule has 0 spiro atoms. The number of nitro benzene ring substituents is 1. The Morgan fingerprint density at radius 1 is 1.33 bits per heavy atom. The zero-order chi connectivity index (χ0) is 13.8. The average Bonchev–Trinajstić information content (AvgIpc) is 2.26. The molecule has 1 aromatic rings. The van der Waals surface area contributed by atoms with Crippen molar-refractivity contribution in [2.75, 3.05) is 5.75 Å². The second kappa shape index (κ2) is 5.58. The molecule has 1 rings (SSSR count). The maximum atomic E-state index is 11.6. The molecule has 1 N–H and O–H groups in total. The van der Waals surface area contributed by atoms with Crippen LogP contribution in [0.1, 0.15) is 12.0 Å². The second-order valence-corrected chi connectivity index (χ2v) is 5.81. The number of hydrogen-bond donors (Lipinski definition) is 1. The largest absolute Gasteiger partial charge is 0.481 e. The minimum Gasteiger partial charge on any atom is -0.481 e. The highest BCUT2D eigenvalue weighted by molar-refractivity contribution is 7.90. The molecule has 0 heterocycles. The Bertz CT molecular complexity index is 565. The molecule has 0 unspecified atom stereocenters. The number of rotatable bonds is 6. The summed E-state index contributed by atoms with van der Waals surface area (Å²) < 4.78 is 23.2. The van der Waals surface area contributed by atoms with Crippen molar-refractivity contribution in [3.8, 4) is 0 Å². The number of para-hydroxylation sites is 1. The average molecular weight is 273 g/mol. The summed E-state index contributed by atoms with van der Waals surface area (Å²) in [7, 11) is -3.67. The Morgan fingerprint density at radius 3 is 2.50 bits per heavy atom. The van der Waals surface area contributed by atoms with Gasteiger partial charge in [-0.3, -0.25) is 14.9 Å². The van der Waals surface area contributed by atoms with Gasteiger partial charge in [-0.2, -0.15) is 0 Å². The SMILES string of the molecule is O=C(O)CCS(=O)(=O)Cc1ccccc1[N+](=O)[O-]. The van der Waals surface area contributed by atoms with Gasteiger partial charge in [-0.15, -0.1) is 0 Å². The third-order valence-electron chi connectivity index (χ3n) is 2.19. The van der Waals surface area contributed by atoms with Gasteiger partial charge in [0.25, 0.3) is 5.69 Å². The van der Waals surface area contributed by atoms with E-state index in [9.17, 15) is 23.3 Å². The number of carboxylic acids is 1. The fraction of sp³-hybridized carbons (Fsp3) is 0.300. The van der Waals surface area contributed by atoms with Crippen molar-refractivity contribution in [1.29, 1.82) is 0 Å². The molecule has 0 aliphatic rings. The van der Waals surface area contributed by atoms with E-state index in [4.69, 9.17) is 5.11 Å². The number of nitro groups is 1. The first-order valence-corrected chi connectivity index (χ1v) is 6.78. The van der Waals surface area contributed by atoms with Gasteiger partial charge in [-0.25, -0.2) is 8.42 Å². The molecule has 0 aromatic heterocycles. The highest BCUT2D eigenvalue weighted by atomic mass is 32.2. The van der Waals surface area contributed by atoms with Gasteiger partial charge >= 0.3 is 5.97 Å². The molecule has 0 saturated heterocycles. The summed E-state index contributed by atoms with van der Waals surface area (Å²) in [5.74, 6) is -2.28. The van der Waals surface area contributed by atoms with E-state index in [-0.39, 0.29) is 11.3 Å². The standard InChI is InChI=1S/C10H11NO6S/c12-10(13)5-6-18(16,17)7-8-3-1-2-4-9(8)11(14)15/h1-4H,5-7H2,(H,12,13). The van der Waals surface area contributed by atoms with Crippen molar-refractivity contribution >= 4 is 21.5 Å². The Kier molecular flexibility index (Phi) is 4.38. The van der Waals surface area contributed by atoms with Crippen LogP contribution in [0.25, 0.3) is 0 Å². The number of carboxylic acid groups (broad SMARTS) is 1. The molecule has 0 atom stereocenters. The van der Waals surface area contributed by atoms with E-state index in [0.717, 1.165) is 0 Å². The molecule has 1 aromatic carbocycles. The third-order valence-corrected chi connectivity index (χ3v) is 3.77. The van der Waals surface area contributed by atoms with E-state index < -0.39 is 38.7 Å². The molecule has 0 aliphatic heterocycles. The van der Waals surface area contributed by atoms with Crippen LogP contribution in [0.3, 0.4) is 0 Å². The van der Waals surface area contributed by atoms with Gasteiger partial charge in [-0.1, -0.05) is 18.2 Å². The summed E-state index contributed by atoms with van der Waals surface area (Å²) in [6.45, 7) is 0. The van der Waals surface area contributed by atoms with Crippen molar-refractivity contribution in [1.82, 2.24) is 0 Å². The van der Waals surface area contributed by atoms with Crippen molar-refractivity contribution in [2.24, 2.45) is 0 Å². The number of aliphatic carboxylic acids is 1. The minimum absolute atomic E-state index is 0.0629. The van der Waals surface area contributed by atoms with E-state index in [0.29, 0.717) is 0 Å². The molecule has 0 saturated carbocycles. The van der Waals surface area contributed by atoms with Gasteiger partial charge in [0.15, 0.2) is 9.84 Å². The smallest absolute Gasteiger partial charge is 0.304 e. The lowest BCUT2D eigenvalue weighted by Crippen LogP contribution is -2.13. The first kappa shape index (κ1) is 14.1. The van der Waals surface area contributed by atoms with Gasteiger partial charge in [0, 0.05) is 11.6 Å². The predicted octanol–water partition coefficient (Wildman–Crippen LogP) is 0.984. The molecule has 0 amide bonds. The fourth-order valence-corrected chi connectivity index (χ4v) is 2.71. The lowest BCUT2D eigenvalue weighted by Gasteiger charge is -2.03. The van der Waals surface area contributed by atoms with Crippen LogP contribution in [-0.4, -0.2) is 30.2 Å². The first-order chi connectivity index (χ1) is 8.32. The summed E-state index contributed by atoms with van der Waals surface area (Å²) in [5, 5.41) is 19.1. The van der Waals surface area contributed by atoms with E-state index in [2.05, 4.69) is 0 Å². The summed E-state index contributed by atoms with van der Waals surface area (Å²) in [5.41, 5.74) is -0.218. The molecule has 0 fully saturated rings. The van der Waals surface area contributed by atoms with Gasteiger partial charge in [-0.05, 0) is 0 Å². The van der Waals surface area contributed by atoms with Crippen LogP contribution in [0.2, 0.25) is 0 Å². The lowest BCUT2D eigenvalue weighted by molar-refractivity contribution is -0.385. The summed E-state index contributed by atoms with van der Waals surface area (Å²) in [6, 6.07) is 5.49. The third kappa shape index (κ3) is 4.13. The Labute approximate surface area is 103 Å². The predicted molar refractivity (Wildman–Crippen MR) is 62.8 cm³/mol. The van der Waals surface area contributed by atoms with E-state index in [1.807, 2.05) is 0 Å². The first-order valence-electron chi connectivity index (χ1n) is 4.96. The number of carbonyl (C=O) groups is 1. The summed E-state index contributed by atoms with van der Waals surface area (Å²) in [4.78, 5) is 20.3. The Balaban J connectivity index is 2.90. The van der Waals surface area contributed by atoms with Crippen LogP contribution in [0, 0.1) is 10.1 Å². The zero-order valence-corrected chi connectivity index (χ0v) is 10.1. The Hall–Kier alpha value is -1.96. The summed E-state index contributed by atoms with van der Waals surface area (Å²) in [6.07, 6.45) is -0.511. The maximum Gasteiger partial charge on any atom is 0.304 e. The van der Waals surface area contributed by atoms with Gasteiger partial charge in [0.1, 0.15) is 0 Å². The van der Waals surface area contributed by atoms with E-state index in [1.54, 1.807) is 0 Å². The normalized spacial score (nSPS) is 11.1. The van der Waals surface area contributed by atoms with Gasteiger partial charge in [0.05, 0.1) is 22.8 Å². The molecule has 0 aliphatic carbocycles. The molecule has 0 bridgehead atoms. The molecule has 18 heavy (non-hydrogen) atoms. The molecule has 8 heteroatoms.